The monoisotopic (exact) mass is 367 g/mol. The first-order valence-corrected chi connectivity index (χ1v) is 7.32. The molecular formula is C14H14BrN3O4. The molecule has 3 N–H and O–H groups in total. The Morgan fingerprint density at radius 2 is 2.00 bits per heavy atom. The number of hydrogen-bond donors (Lipinski definition) is 3. The Labute approximate surface area is 134 Å². The zero-order valence-corrected chi connectivity index (χ0v) is 13.3. The van der Waals surface area contributed by atoms with E-state index in [1.165, 1.54) is 0 Å². The predicted octanol–water partition coefficient (Wildman–Crippen LogP) is 1.64. The van der Waals surface area contributed by atoms with Crippen LogP contribution in [0.15, 0.2) is 28.7 Å². The maximum atomic E-state index is 11.9. The van der Waals surface area contributed by atoms with Crippen molar-refractivity contribution in [3.05, 3.63) is 34.4 Å². The highest BCUT2D eigenvalue weighted by atomic mass is 79.9. The van der Waals surface area contributed by atoms with Crippen LogP contribution in [0.5, 0.6) is 0 Å². The predicted molar refractivity (Wildman–Crippen MR) is 82.9 cm³/mol. The smallest absolute Gasteiger partial charge is 0.315 e. The summed E-state index contributed by atoms with van der Waals surface area (Å²) in [7, 11) is 0. The quantitative estimate of drug-likeness (QED) is 0.434. The van der Waals surface area contributed by atoms with Crippen LogP contribution < -0.4 is 10.9 Å². The van der Waals surface area contributed by atoms with Crippen molar-refractivity contribution in [3.8, 4) is 0 Å². The minimum absolute atomic E-state index is 0.198. The molecule has 1 heterocycles. The van der Waals surface area contributed by atoms with Crippen molar-refractivity contribution < 1.29 is 19.1 Å². The molecule has 0 atom stereocenters. The van der Waals surface area contributed by atoms with E-state index in [1.807, 2.05) is 18.2 Å². The molecule has 2 rings (SSSR count). The molecular weight excluding hydrogens is 354 g/mol. The third-order valence-electron chi connectivity index (χ3n) is 2.75. The van der Waals surface area contributed by atoms with Gasteiger partial charge in [0.15, 0.2) is 0 Å². The first-order valence-electron chi connectivity index (χ1n) is 6.52. The van der Waals surface area contributed by atoms with Gasteiger partial charge in [-0.2, -0.15) is 0 Å². The Bertz CT molecular complexity index is 726. The Morgan fingerprint density at radius 3 is 2.73 bits per heavy atom. The largest absolute Gasteiger partial charge is 0.466 e. The number of halogens is 1. The zero-order valence-electron chi connectivity index (χ0n) is 11.7. The Hall–Kier alpha value is -2.35. The summed E-state index contributed by atoms with van der Waals surface area (Å²) in [6.45, 7) is 1.84. The highest BCUT2D eigenvalue weighted by Crippen LogP contribution is 2.20. The number of benzene rings is 1. The topological polar surface area (TPSA) is 100 Å². The van der Waals surface area contributed by atoms with Crippen molar-refractivity contribution in [2.45, 2.75) is 13.3 Å². The fraction of sp³-hybridized carbons (Fsp3) is 0.214. The third kappa shape index (κ3) is 4.08. The number of aromatic nitrogens is 1. The maximum absolute atomic E-state index is 11.9. The number of fused-ring (bicyclic) bond motifs is 1. The molecule has 0 radical (unpaired) electrons. The molecule has 0 spiro atoms. The van der Waals surface area contributed by atoms with Gasteiger partial charge in [0.2, 0.25) is 5.91 Å². The lowest BCUT2D eigenvalue weighted by molar-refractivity contribution is -0.146. The summed E-state index contributed by atoms with van der Waals surface area (Å²) < 4.78 is 5.53. The number of ether oxygens (including phenoxy) is 1. The van der Waals surface area contributed by atoms with Gasteiger partial charge in [0, 0.05) is 15.4 Å². The summed E-state index contributed by atoms with van der Waals surface area (Å²) in [4.78, 5) is 37.4. The van der Waals surface area contributed by atoms with Gasteiger partial charge in [0.1, 0.15) is 12.1 Å². The van der Waals surface area contributed by atoms with Gasteiger partial charge in [-0.1, -0.05) is 15.9 Å². The van der Waals surface area contributed by atoms with Crippen molar-refractivity contribution in [1.82, 2.24) is 15.8 Å². The summed E-state index contributed by atoms with van der Waals surface area (Å²) in [5, 5.41) is 0.859. The fourth-order valence-electron chi connectivity index (χ4n) is 1.81. The average molecular weight is 368 g/mol. The zero-order chi connectivity index (χ0) is 16.1. The fourth-order valence-corrected chi connectivity index (χ4v) is 2.19. The van der Waals surface area contributed by atoms with Crippen LogP contribution in [0, 0.1) is 0 Å². The van der Waals surface area contributed by atoms with Gasteiger partial charge >= 0.3 is 5.97 Å². The van der Waals surface area contributed by atoms with Gasteiger partial charge < -0.3 is 9.72 Å². The normalized spacial score (nSPS) is 10.3. The Kier molecular flexibility index (Phi) is 5.16. The second-order valence-electron chi connectivity index (χ2n) is 4.40. The molecule has 2 aromatic rings. The van der Waals surface area contributed by atoms with Gasteiger partial charge in [-0.3, -0.25) is 25.2 Å². The molecule has 0 aliphatic heterocycles. The number of carbonyl (C=O) groups excluding carboxylic acids is 3. The molecule has 22 heavy (non-hydrogen) atoms. The van der Waals surface area contributed by atoms with Gasteiger partial charge in [0.05, 0.1) is 6.61 Å². The number of rotatable bonds is 4. The molecule has 1 aromatic heterocycles. The lowest BCUT2D eigenvalue weighted by Crippen LogP contribution is -2.42. The van der Waals surface area contributed by atoms with Crippen LogP contribution in [0.2, 0.25) is 0 Å². The molecule has 7 nitrogen and oxygen atoms in total. The highest BCUT2D eigenvalue weighted by Gasteiger charge is 2.13. The van der Waals surface area contributed by atoms with Crippen LogP contribution in [0.3, 0.4) is 0 Å². The minimum Gasteiger partial charge on any atom is -0.466 e. The molecule has 2 amide bonds. The highest BCUT2D eigenvalue weighted by molar-refractivity contribution is 9.10. The Morgan fingerprint density at radius 1 is 1.23 bits per heavy atom. The first kappa shape index (κ1) is 16.0. The number of hydrazine groups is 1. The lowest BCUT2D eigenvalue weighted by Gasteiger charge is -2.05. The van der Waals surface area contributed by atoms with Crippen LogP contribution in [-0.4, -0.2) is 29.4 Å². The molecule has 0 bridgehead atoms. The van der Waals surface area contributed by atoms with Crippen LogP contribution in [-0.2, 0) is 14.3 Å². The second kappa shape index (κ2) is 7.08. The molecule has 8 heteroatoms. The number of H-pyrrole nitrogens is 1. The van der Waals surface area contributed by atoms with Crippen molar-refractivity contribution in [3.63, 3.8) is 0 Å². The van der Waals surface area contributed by atoms with Crippen LogP contribution in [0.4, 0.5) is 0 Å². The first-order chi connectivity index (χ1) is 10.5. The summed E-state index contributed by atoms with van der Waals surface area (Å²) in [6.07, 6.45) is -0.451. The molecule has 0 unspecified atom stereocenters. The number of esters is 1. The maximum Gasteiger partial charge on any atom is 0.315 e. The number of hydrogen-bond acceptors (Lipinski definition) is 4. The van der Waals surface area contributed by atoms with E-state index < -0.39 is 24.2 Å². The van der Waals surface area contributed by atoms with Crippen molar-refractivity contribution in [1.29, 1.82) is 0 Å². The molecule has 116 valence electrons. The van der Waals surface area contributed by atoms with Crippen molar-refractivity contribution in [2.24, 2.45) is 0 Å². The molecule has 0 aliphatic carbocycles. The number of nitrogens with one attached hydrogen (secondary N) is 3. The second-order valence-corrected chi connectivity index (χ2v) is 5.31. The van der Waals surface area contributed by atoms with Crippen LogP contribution >= 0.6 is 15.9 Å². The SMILES string of the molecule is CCOC(=O)CC(=O)NNC(=O)c1cc2cc(Br)ccc2[nH]1. The summed E-state index contributed by atoms with van der Waals surface area (Å²) in [5.41, 5.74) is 5.48. The van der Waals surface area contributed by atoms with Crippen molar-refractivity contribution >= 4 is 44.6 Å². The van der Waals surface area contributed by atoms with E-state index in [2.05, 4.69) is 36.5 Å². The number of amides is 2. The lowest BCUT2D eigenvalue weighted by atomic mass is 10.2. The van der Waals surface area contributed by atoms with E-state index in [9.17, 15) is 14.4 Å². The average Bonchev–Trinajstić information content (AvgIpc) is 2.88. The third-order valence-corrected chi connectivity index (χ3v) is 3.25. The Balaban J connectivity index is 1.93. The summed E-state index contributed by atoms with van der Waals surface area (Å²) >= 11 is 3.35. The molecule has 1 aromatic carbocycles. The van der Waals surface area contributed by atoms with Gasteiger partial charge in [-0.15, -0.1) is 0 Å². The van der Waals surface area contributed by atoms with E-state index in [1.54, 1.807) is 13.0 Å². The summed E-state index contributed by atoms with van der Waals surface area (Å²) in [5.74, 6) is -1.81. The molecule has 0 aliphatic rings. The molecule has 0 saturated heterocycles. The number of carbonyl (C=O) groups is 3. The van der Waals surface area contributed by atoms with E-state index in [0.29, 0.717) is 5.69 Å². The van der Waals surface area contributed by atoms with Crippen LogP contribution in [0.25, 0.3) is 10.9 Å². The number of aromatic amines is 1. The summed E-state index contributed by atoms with van der Waals surface area (Å²) in [6, 6.07) is 7.20. The van der Waals surface area contributed by atoms with Crippen molar-refractivity contribution in [2.75, 3.05) is 6.61 Å². The van der Waals surface area contributed by atoms with Gasteiger partial charge in [-0.25, -0.2) is 0 Å². The van der Waals surface area contributed by atoms with Gasteiger partial charge in [-0.05, 0) is 31.2 Å². The van der Waals surface area contributed by atoms with E-state index >= 15 is 0 Å². The molecule has 0 saturated carbocycles. The standard InChI is InChI=1S/C14H14BrN3O4/c1-2-22-13(20)7-12(19)17-18-14(21)11-6-8-5-9(15)3-4-10(8)16-11/h3-6,16H,2,7H2,1H3,(H,17,19)(H,18,21). The van der Waals surface area contributed by atoms with E-state index in [0.717, 1.165) is 15.4 Å². The van der Waals surface area contributed by atoms with Gasteiger partial charge in [0.25, 0.3) is 5.91 Å². The van der Waals surface area contributed by atoms with Crippen LogP contribution in [0.1, 0.15) is 23.8 Å². The minimum atomic E-state index is -0.648. The van der Waals surface area contributed by atoms with E-state index in [-0.39, 0.29) is 6.61 Å². The molecule has 0 fully saturated rings. The van der Waals surface area contributed by atoms with E-state index in [4.69, 9.17) is 0 Å².